The number of anilines is 1. The van der Waals surface area contributed by atoms with Gasteiger partial charge in [-0.15, -0.1) is 0 Å². The van der Waals surface area contributed by atoms with Gasteiger partial charge in [-0.05, 0) is 12.1 Å². The number of nitrogens with zero attached hydrogens (tertiary/aromatic N) is 2. The molecule has 0 bridgehead atoms. The minimum absolute atomic E-state index is 0.0899. The number of halogens is 3. The fourth-order valence-corrected chi connectivity index (χ4v) is 2.63. The monoisotopic (exact) mass is 336 g/mol. The summed E-state index contributed by atoms with van der Waals surface area (Å²) in [5, 5.41) is 0.140. The van der Waals surface area contributed by atoms with Crippen LogP contribution in [-0.2, 0) is 20.4 Å². The standard InChI is InChI=1S/C13H15F3N2O3S/c1-20-12(19)8-22-11-7-9(13(14,15)16)6-10(17-11)18-2-4-21-5-3-18/h6-7H,2-5,8H2,1H3. The third kappa shape index (κ3) is 4.51. The highest BCUT2D eigenvalue weighted by Crippen LogP contribution is 2.34. The highest BCUT2D eigenvalue weighted by Gasteiger charge is 2.32. The van der Waals surface area contributed by atoms with Crippen molar-refractivity contribution in [1.82, 2.24) is 4.98 Å². The first-order valence-corrected chi connectivity index (χ1v) is 7.50. The maximum atomic E-state index is 13.0. The van der Waals surface area contributed by atoms with Gasteiger partial charge in [0.2, 0.25) is 0 Å². The van der Waals surface area contributed by atoms with Crippen molar-refractivity contribution >= 4 is 23.5 Å². The van der Waals surface area contributed by atoms with E-state index in [0.29, 0.717) is 26.3 Å². The molecular formula is C13H15F3N2O3S. The summed E-state index contributed by atoms with van der Waals surface area (Å²) in [4.78, 5) is 17.1. The lowest BCUT2D eigenvalue weighted by Crippen LogP contribution is -2.37. The number of carbonyl (C=O) groups is 1. The Morgan fingerprint density at radius 3 is 2.68 bits per heavy atom. The molecule has 1 aromatic heterocycles. The number of esters is 1. The van der Waals surface area contributed by atoms with Crippen molar-refractivity contribution in [2.45, 2.75) is 11.2 Å². The zero-order valence-corrected chi connectivity index (χ0v) is 12.7. The van der Waals surface area contributed by atoms with Gasteiger partial charge >= 0.3 is 12.1 Å². The van der Waals surface area contributed by atoms with Crippen LogP contribution in [0.25, 0.3) is 0 Å². The first-order chi connectivity index (χ1) is 10.4. The third-order valence-electron chi connectivity index (χ3n) is 3.02. The van der Waals surface area contributed by atoms with Gasteiger partial charge in [0, 0.05) is 13.1 Å². The predicted molar refractivity (Wildman–Crippen MR) is 75.0 cm³/mol. The molecule has 0 amide bonds. The van der Waals surface area contributed by atoms with Gasteiger partial charge in [0.15, 0.2) is 0 Å². The summed E-state index contributed by atoms with van der Waals surface area (Å²) < 4.78 is 48.7. The highest BCUT2D eigenvalue weighted by atomic mass is 32.2. The number of morpholine rings is 1. The maximum Gasteiger partial charge on any atom is 0.416 e. The van der Waals surface area contributed by atoms with E-state index in [9.17, 15) is 18.0 Å². The molecule has 0 unspecified atom stereocenters. The summed E-state index contributed by atoms with van der Waals surface area (Å²) in [6.45, 7) is 1.86. The highest BCUT2D eigenvalue weighted by molar-refractivity contribution is 7.99. The van der Waals surface area contributed by atoms with E-state index in [1.165, 1.54) is 7.11 Å². The van der Waals surface area contributed by atoms with Crippen molar-refractivity contribution in [1.29, 1.82) is 0 Å². The topological polar surface area (TPSA) is 51.7 Å². The molecule has 1 fully saturated rings. The molecule has 1 aliphatic rings. The van der Waals surface area contributed by atoms with Crippen LogP contribution in [-0.4, -0.2) is 50.1 Å². The first-order valence-electron chi connectivity index (χ1n) is 6.52. The molecule has 0 radical (unpaired) electrons. The Labute approximate surface area is 129 Å². The second kappa shape index (κ2) is 7.19. The molecule has 1 saturated heterocycles. The normalized spacial score (nSPS) is 15.7. The molecule has 5 nitrogen and oxygen atoms in total. The van der Waals surface area contributed by atoms with Crippen molar-refractivity contribution < 1.29 is 27.4 Å². The van der Waals surface area contributed by atoms with Crippen LogP contribution in [0.1, 0.15) is 5.56 Å². The minimum Gasteiger partial charge on any atom is -0.468 e. The van der Waals surface area contributed by atoms with Gasteiger partial charge in [0.1, 0.15) is 5.82 Å². The molecule has 0 saturated carbocycles. The SMILES string of the molecule is COC(=O)CSc1cc(C(F)(F)F)cc(N2CCOCC2)n1. The van der Waals surface area contributed by atoms with E-state index in [-0.39, 0.29) is 16.6 Å². The van der Waals surface area contributed by atoms with Crippen molar-refractivity contribution in [3.05, 3.63) is 17.7 Å². The fourth-order valence-electron chi connectivity index (χ4n) is 1.88. The van der Waals surface area contributed by atoms with E-state index in [4.69, 9.17) is 4.74 Å². The Balaban J connectivity index is 2.25. The number of aromatic nitrogens is 1. The van der Waals surface area contributed by atoms with E-state index >= 15 is 0 Å². The molecule has 0 N–H and O–H groups in total. The van der Waals surface area contributed by atoms with E-state index in [1.807, 2.05) is 0 Å². The van der Waals surface area contributed by atoms with Crippen LogP contribution in [0.5, 0.6) is 0 Å². The van der Waals surface area contributed by atoms with Crippen LogP contribution in [0.15, 0.2) is 17.2 Å². The van der Waals surface area contributed by atoms with Crippen molar-refractivity contribution in [2.24, 2.45) is 0 Å². The molecule has 0 aromatic carbocycles. The quantitative estimate of drug-likeness (QED) is 0.621. The Bertz CT molecular complexity index is 534. The van der Waals surface area contributed by atoms with Gasteiger partial charge in [-0.1, -0.05) is 11.8 Å². The Hall–Kier alpha value is -1.48. The Kier molecular flexibility index (Phi) is 5.52. The van der Waals surface area contributed by atoms with E-state index in [0.717, 1.165) is 23.9 Å². The van der Waals surface area contributed by atoms with Gasteiger partial charge in [-0.3, -0.25) is 4.79 Å². The molecule has 0 aliphatic carbocycles. The lowest BCUT2D eigenvalue weighted by Gasteiger charge is -2.28. The number of carbonyl (C=O) groups excluding carboxylic acids is 1. The van der Waals surface area contributed by atoms with Crippen LogP contribution in [0.2, 0.25) is 0 Å². The summed E-state index contributed by atoms with van der Waals surface area (Å²) in [5.41, 5.74) is -0.781. The summed E-state index contributed by atoms with van der Waals surface area (Å²) in [5.74, 6) is -0.365. The number of hydrogen-bond donors (Lipinski definition) is 0. The Morgan fingerprint density at radius 1 is 1.41 bits per heavy atom. The van der Waals surface area contributed by atoms with Gasteiger partial charge in [-0.25, -0.2) is 4.98 Å². The second-order valence-corrected chi connectivity index (χ2v) is 5.51. The van der Waals surface area contributed by atoms with Gasteiger partial charge < -0.3 is 14.4 Å². The van der Waals surface area contributed by atoms with Crippen molar-refractivity contribution in [2.75, 3.05) is 44.1 Å². The molecule has 0 spiro atoms. The molecule has 2 heterocycles. The number of ether oxygens (including phenoxy) is 2. The molecule has 0 atom stereocenters. The molecule has 1 aromatic rings. The predicted octanol–water partition coefficient (Wildman–Crippen LogP) is 2.20. The second-order valence-electron chi connectivity index (χ2n) is 4.51. The minimum atomic E-state index is -4.47. The average molecular weight is 336 g/mol. The molecule has 122 valence electrons. The molecule has 9 heteroatoms. The van der Waals surface area contributed by atoms with Crippen molar-refractivity contribution in [3.63, 3.8) is 0 Å². The number of alkyl halides is 3. The largest absolute Gasteiger partial charge is 0.468 e. The summed E-state index contributed by atoms with van der Waals surface area (Å²) in [7, 11) is 1.22. The lowest BCUT2D eigenvalue weighted by molar-refractivity contribution is -0.138. The average Bonchev–Trinajstić information content (AvgIpc) is 2.52. The molecule has 2 rings (SSSR count). The third-order valence-corrected chi connectivity index (χ3v) is 3.90. The lowest BCUT2D eigenvalue weighted by atomic mass is 10.2. The van der Waals surface area contributed by atoms with E-state index in [1.54, 1.807) is 4.90 Å². The Morgan fingerprint density at radius 2 is 2.09 bits per heavy atom. The summed E-state index contributed by atoms with van der Waals surface area (Å²) in [6.07, 6.45) is -4.47. The van der Waals surface area contributed by atoms with Crippen LogP contribution in [0, 0.1) is 0 Å². The molecular weight excluding hydrogens is 321 g/mol. The van der Waals surface area contributed by atoms with Gasteiger partial charge in [0.25, 0.3) is 0 Å². The van der Waals surface area contributed by atoms with Crippen LogP contribution >= 0.6 is 11.8 Å². The zero-order chi connectivity index (χ0) is 16.2. The number of hydrogen-bond acceptors (Lipinski definition) is 6. The van der Waals surface area contributed by atoms with Gasteiger partial charge in [-0.2, -0.15) is 13.2 Å². The first kappa shape index (κ1) is 16.9. The smallest absolute Gasteiger partial charge is 0.416 e. The summed E-state index contributed by atoms with van der Waals surface area (Å²) in [6, 6.07) is 1.96. The number of rotatable bonds is 4. The van der Waals surface area contributed by atoms with Crippen LogP contribution < -0.4 is 4.90 Å². The van der Waals surface area contributed by atoms with E-state index in [2.05, 4.69) is 9.72 Å². The fraction of sp³-hybridized carbons (Fsp3) is 0.538. The number of methoxy groups -OCH3 is 1. The number of pyridine rings is 1. The van der Waals surface area contributed by atoms with Crippen LogP contribution in [0.4, 0.5) is 19.0 Å². The maximum absolute atomic E-state index is 13.0. The summed E-state index contributed by atoms with van der Waals surface area (Å²) >= 11 is 0.918. The van der Waals surface area contributed by atoms with E-state index < -0.39 is 17.7 Å². The zero-order valence-electron chi connectivity index (χ0n) is 11.9. The molecule has 22 heavy (non-hydrogen) atoms. The van der Waals surface area contributed by atoms with Gasteiger partial charge in [0.05, 0.1) is 36.7 Å². The van der Waals surface area contributed by atoms with Crippen LogP contribution in [0.3, 0.4) is 0 Å². The van der Waals surface area contributed by atoms with Crippen molar-refractivity contribution in [3.8, 4) is 0 Å². The molecule has 1 aliphatic heterocycles. The number of thioether (sulfide) groups is 1.